The number of rotatable bonds is 5. The minimum absolute atomic E-state index is 0.421. The summed E-state index contributed by atoms with van der Waals surface area (Å²) in [5.74, 6) is 0.421. The first kappa shape index (κ1) is 17.0. The third kappa shape index (κ3) is 5.80. The number of benzene rings is 1. The van der Waals surface area contributed by atoms with E-state index in [0.717, 1.165) is 39.0 Å². The predicted molar refractivity (Wildman–Crippen MR) is 93.5 cm³/mol. The number of hydrogen-bond acceptors (Lipinski definition) is 3. The molecule has 1 heterocycles. The van der Waals surface area contributed by atoms with E-state index in [2.05, 4.69) is 47.1 Å². The molecule has 0 spiro atoms. The summed E-state index contributed by atoms with van der Waals surface area (Å²) >= 11 is 0. The Balaban J connectivity index is 1.87. The first-order valence-electron chi connectivity index (χ1n) is 8.83. The second-order valence-electron chi connectivity index (χ2n) is 6.25. The summed E-state index contributed by atoms with van der Waals surface area (Å²) in [6.07, 6.45) is 6.89. The molecule has 0 radical (unpaired) electrons. The lowest BCUT2D eigenvalue weighted by atomic mass is 10.1. The molecule has 0 aromatic heterocycles. The molecule has 1 aliphatic rings. The Hall–Kier alpha value is -1.35. The Morgan fingerprint density at radius 2 is 1.77 bits per heavy atom. The molecule has 1 saturated heterocycles. The maximum atomic E-state index is 12.0. The number of nitrogens with zero attached hydrogens (tertiary/aromatic N) is 2. The van der Waals surface area contributed by atoms with Gasteiger partial charge in [0.25, 0.3) is 0 Å². The van der Waals surface area contributed by atoms with Crippen LogP contribution in [0.25, 0.3) is 0 Å². The van der Waals surface area contributed by atoms with Crippen LogP contribution in [0.5, 0.6) is 0 Å². The van der Waals surface area contributed by atoms with Crippen molar-refractivity contribution < 1.29 is 4.79 Å². The average molecular weight is 302 g/mol. The van der Waals surface area contributed by atoms with Gasteiger partial charge in [0, 0.05) is 31.7 Å². The molecule has 1 fully saturated rings. The van der Waals surface area contributed by atoms with E-state index < -0.39 is 0 Å². The molecule has 0 saturated carbocycles. The molecule has 3 heteroatoms. The lowest BCUT2D eigenvalue weighted by Crippen LogP contribution is -2.38. The van der Waals surface area contributed by atoms with Gasteiger partial charge in [-0.1, -0.05) is 37.5 Å². The predicted octanol–water partition coefficient (Wildman–Crippen LogP) is 3.74. The van der Waals surface area contributed by atoms with Crippen LogP contribution >= 0.6 is 0 Å². The Kier molecular flexibility index (Phi) is 7.44. The van der Waals surface area contributed by atoms with Crippen LogP contribution in [0.1, 0.15) is 45.4 Å². The van der Waals surface area contributed by atoms with Crippen LogP contribution in [0, 0.1) is 0 Å². The summed E-state index contributed by atoms with van der Waals surface area (Å²) in [4.78, 5) is 16.8. The van der Waals surface area contributed by atoms with Crippen molar-refractivity contribution in [2.45, 2.75) is 45.4 Å². The van der Waals surface area contributed by atoms with Gasteiger partial charge in [-0.05, 0) is 38.4 Å². The van der Waals surface area contributed by atoms with E-state index in [1.165, 1.54) is 31.4 Å². The van der Waals surface area contributed by atoms with E-state index in [4.69, 9.17) is 0 Å². The first-order valence-corrected chi connectivity index (χ1v) is 8.83. The van der Waals surface area contributed by atoms with E-state index in [1.54, 1.807) is 0 Å². The van der Waals surface area contributed by atoms with Crippen LogP contribution < -0.4 is 4.90 Å². The summed E-state index contributed by atoms with van der Waals surface area (Å²) in [6.45, 7) is 6.89. The summed E-state index contributed by atoms with van der Waals surface area (Å²) in [7, 11) is 0. The van der Waals surface area contributed by atoms with Crippen molar-refractivity contribution in [3.05, 3.63) is 30.3 Å². The minimum atomic E-state index is 0.421. The lowest BCUT2D eigenvalue weighted by molar-refractivity contribution is -0.120. The molecule has 0 aliphatic carbocycles. The Morgan fingerprint density at radius 3 is 2.55 bits per heavy atom. The SMILES string of the molecule is CCN(CCN1CCCCCCCC(=O)C1)c1ccccc1. The number of Topliss-reactive ketones (excluding diaryl/α,β-unsaturated/α-hetero) is 1. The standard InChI is InChI=1S/C19H30N2O/c1-2-21(18-11-7-6-8-12-18)16-15-20-14-10-5-3-4-9-13-19(22)17-20/h6-8,11-12H,2-5,9-10,13-17H2,1H3. The highest BCUT2D eigenvalue weighted by molar-refractivity contribution is 5.80. The summed E-state index contributed by atoms with van der Waals surface area (Å²) in [5, 5.41) is 0. The van der Waals surface area contributed by atoms with Crippen LogP contribution in [0.15, 0.2) is 30.3 Å². The largest absolute Gasteiger partial charge is 0.371 e. The fraction of sp³-hybridized carbons (Fsp3) is 0.632. The zero-order valence-electron chi connectivity index (χ0n) is 14.0. The van der Waals surface area contributed by atoms with E-state index in [1.807, 2.05) is 0 Å². The lowest BCUT2D eigenvalue weighted by Gasteiger charge is -2.28. The van der Waals surface area contributed by atoms with Gasteiger partial charge in [0.15, 0.2) is 0 Å². The molecule has 0 bridgehead atoms. The zero-order valence-corrected chi connectivity index (χ0v) is 14.0. The molecule has 22 heavy (non-hydrogen) atoms. The van der Waals surface area contributed by atoms with Crippen LogP contribution in [0.2, 0.25) is 0 Å². The van der Waals surface area contributed by atoms with Crippen LogP contribution in [0.4, 0.5) is 5.69 Å². The number of likely N-dealkylation sites (N-methyl/N-ethyl adjacent to an activating group) is 1. The second kappa shape index (κ2) is 9.62. The van der Waals surface area contributed by atoms with Gasteiger partial charge >= 0.3 is 0 Å². The van der Waals surface area contributed by atoms with Gasteiger partial charge in [-0.2, -0.15) is 0 Å². The summed E-state index contributed by atoms with van der Waals surface area (Å²) < 4.78 is 0. The van der Waals surface area contributed by atoms with Crippen LogP contribution in [-0.4, -0.2) is 43.4 Å². The highest BCUT2D eigenvalue weighted by Gasteiger charge is 2.13. The Bertz CT molecular complexity index is 432. The number of ketones is 1. The van der Waals surface area contributed by atoms with Gasteiger partial charge in [-0.25, -0.2) is 0 Å². The highest BCUT2D eigenvalue weighted by Crippen LogP contribution is 2.14. The molecule has 1 aliphatic heterocycles. The van der Waals surface area contributed by atoms with Gasteiger partial charge < -0.3 is 4.90 Å². The molecule has 0 atom stereocenters. The smallest absolute Gasteiger partial charge is 0.146 e. The average Bonchev–Trinajstić information content (AvgIpc) is 2.55. The van der Waals surface area contributed by atoms with E-state index in [9.17, 15) is 4.79 Å². The summed E-state index contributed by atoms with van der Waals surface area (Å²) in [5.41, 5.74) is 1.28. The number of carbonyl (C=O) groups excluding carboxylic acids is 1. The molecule has 1 aromatic carbocycles. The van der Waals surface area contributed by atoms with Crippen molar-refractivity contribution in [3.8, 4) is 0 Å². The molecule has 2 rings (SSSR count). The number of anilines is 1. The normalized spacial score (nSPS) is 18.1. The first-order chi connectivity index (χ1) is 10.8. The van der Waals surface area contributed by atoms with Crippen molar-refractivity contribution in [2.75, 3.05) is 37.6 Å². The quantitative estimate of drug-likeness (QED) is 0.828. The van der Waals surface area contributed by atoms with Gasteiger partial charge in [0.05, 0.1) is 6.54 Å². The third-order valence-corrected chi connectivity index (χ3v) is 4.52. The Labute approximate surface area is 135 Å². The van der Waals surface area contributed by atoms with E-state index in [0.29, 0.717) is 12.3 Å². The topological polar surface area (TPSA) is 23.6 Å². The van der Waals surface area contributed by atoms with Crippen molar-refractivity contribution in [2.24, 2.45) is 0 Å². The maximum Gasteiger partial charge on any atom is 0.146 e. The molecule has 3 nitrogen and oxygen atoms in total. The number of carbonyl (C=O) groups is 1. The molecule has 0 N–H and O–H groups in total. The van der Waals surface area contributed by atoms with Gasteiger partial charge in [0.1, 0.15) is 5.78 Å². The molecular formula is C19H30N2O. The summed E-state index contributed by atoms with van der Waals surface area (Å²) in [6, 6.07) is 10.6. The van der Waals surface area contributed by atoms with Crippen LogP contribution in [0.3, 0.4) is 0 Å². The minimum Gasteiger partial charge on any atom is -0.371 e. The number of hydrogen-bond donors (Lipinski definition) is 0. The maximum absolute atomic E-state index is 12.0. The molecule has 0 unspecified atom stereocenters. The monoisotopic (exact) mass is 302 g/mol. The molecule has 0 amide bonds. The second-order valence-corrected chi connectivity index (χ2v) is 6.25. The molecule has 1 aromatic rings. The number of para-hydroxylation sites is 1. The van der Waals surface area contributed by atoms with Gasteiger partial charge in [-0.15, -0.1) is 0 Å². The fourth-order valence-corrected chi connectivity index (χ4v) is 3.16. The molecular weight excluding hydrogens is 272 g/mol. The van der Waals surface area contributed by atoms with Crippen molar-refractivity contribution in [1.29, 1.82) is 0 Å². The zero-order chi connectivity index (χ0) is 15.6. The van der Waals surface area contributed by atoms with Crippen molar-refractivity contribution in [3.63, 3.8) is 0 Å². The van der Waals surface area contributed by atoms with Gasteiger partial charge in [-0.3, -0.25) is 9.69 Å². The van der Waals surface area contributed by atoms with E-state index in [-0.39, 0.29) is 0 Å². The molecule has 122 valence electrons. The van der Waals surface area contributed by atoms with Crippen molar-refractivity contribution in [1.82, 2.24) is 4.90 Å². The fourth-order valence-electron chi connectivity index (χ4n) is 3.16. The van der Waals surface area contributed by atoms with Crippen LogP contribution in [-0.2, 0) is 4.79 Å². The highest BCUT2D eigenvalue weighted by atomic mass is 16.1. The Morgan fingerprint density at radius 1 is 1.05 bits per heavy atom. The van der Waals surface area contributed by atoms with E-state index >= 15 is 0 Å². The van der Waals surface area contributed by atoms with Crippen molar-refractivity contribution >= 4 is 11.5 Å². The third-order valence-electron chi connectivity index (χ3n) is 4.52. The van der Waals surface area contributed by atoms with Gasteiger partial charge in [0.2, 0.25) is 0 Å².